The minimum Gasteiger partial charge on any atom is -0.462 e. The molecule has 0 rings (SSSR count). The van der Waals surface area contributed by atoms with E-state index in [9.17, 15) is 9.59 Å². The molecule has 5 heteroatoms. The van der Waals surface area contributed by atoms with Crippen LogP contribution in [-0.4, -0.2) is 36.9 Å². The van der Waals surface area contributed by atoms with Gasteiger partial charge in [-0.1, -0.05) is 13.2 Å². The van der Waals surface area contributed by atoms with E-state index in [-0.39, 0.29) is 31.8 Å². The largest absolute Gasteiger partial charge is 0.462 e. The summed E-state index contributed by atoms with van der Waals surface area (Å²) in [6.45, 7) is 8.63. The number of carbonyl (C=O) groups is 2. The molecule has 0 aliphatic rings. The maximum absolute atomic E-state index is 11.2. The Balaban J connectivity index is 3.58. The van der Waals surface area contributed by atoms with Gasteiger partial charge in [0.15, 0.2) is 0 Å². The molecule has 0 aliphatic heterocycles. The monoisotopic (exact) mass is 242 g/mol. The van der Waals surface area contributed by atoms with Crippen molar-refractivity contribution in [3.63, 3.8) is 0 Å². The van der Waals surface area contributed by atoms with Gasteiger partial charge in [0.05, 0.1) is 13.2 Å². The number of esters is 2. The molecule has 0 amide bonds. The summed E-state index contributed by atoms with van der Waals surface area (Å²) in [6.07, 6.45) is 0.612. The highest BCUT2D eigenvalue weighted by Gasteiger charge is 2.07. The number of hydrogen-bond donors (Lipinski definition) is 1. The fourth-order valence-electron chi connectivity index (χ4n) is 0.851. The molecule has 96 valence electrons. The molecular weight excluding hydrogens is 224 g/mol. The molecule has 0 radical (unpaired) electrons. The summed E-state index contributed by atoms with van der Waals surface area (Å²) in [5, 5.41) is 8.57. The van der Waals surface area contributed by atoms with Crippen molar-refractivity contribution in [3.05, 3.63) is 24.3 Å². The highest BCUT2D eigenvalue weighted by atomic mass is 16.5. The van der Waals surface area contributed by atoms with Crippen molar-refractivity contribution in [1.82, 2.24) is 0 Å². The van der Waals surface area contributed by atoms with Crippen molar-refractivity contribution in [3.8, 4) is 0 Å². The molecule has 0 unspecified atom stereocenters. The van der Waals surface area contributed by atoms with E-state index >= 15 is 0 Å². The highest BCUT2D eigenvalue weighted by molar-refractivity contribution is 5.87. The van der Waals surface area contributed by atoms with Crippen molar-refractivity contribution in [2.75, 3.05) is 19.8 Å². The number of rotatable bonds is 8. The van der Waals surface area contributed by atoms with Crippen LogP contribution in [0.1, 0.15) is 19.8 Å². The maximum Gasteiger partial charge on any atom is 0.333 e. The second-order valence-corrected chi connectivity index (χ2v) is 3.48. The van der Waals surface area contributed by atoms with Crippen molar-refractivity contribution >= 4 is 11.9 Å². The van der Waals surface area contributed by atoms with Crippen LogP contribution in [0.25, 0.3) is 0 Å². The first-order chi connectivity index (χ1) is 7.99. The molecule has 0 bridgehead atoms. The van der Waals surface area contributed by atoms with Gasteiger partial charge in [-0.3, -0.25) is 0 Å². The van der Waals surface area contributed by atoms with Gasteiger partial charge in [0.2, 0.25) is 0 Å². The standard InChI is InChI=1S/C12H18O5/c1-9(2)11(14)16-7-4-8-17-12(15)10(3)5-6-13/h13H,1,3-8H2,2H3. The normalized spacial score (nSPS) is 9.53. The van der Waals surface area contributed by atoms with Crippen LogP contribution in [0.4, 0.5) is 0 Å². The molecule has 0 fully saturated rings. The van der Waals surface area contributed by atoms with Crippen LogP contribution in [0.5, 0.6) is 0 Å². The number of hydrogen-bond acceptors (Lipinski definition) is 5. The third kappa shape index (κ3) is 7.30. The Hall–Kier alpha value is -1.62. The molecule has 1 N–H and O–H groups in total. The van der Waals surface area contributed by atoms with Gasteiger partial charge in [-0.15, -0.1) is 0 Å². The van der Waals surface area contributed by atoms with Crippen LogP contribution in [-0.2, 0) is 19.1 Å². The molecule has 0 aromatic heterocycles. The Bertz CT molecular complexity index is 306. The summed E-state index contributed by atoms with van der Waals surface area (Å²) >= 11 is 0. The number of carbonyl (C=O) groups excluding carboxylic acids is 2. The molecule has 0 spiro atoms. The van der Waals surface area contributed by atoms with Crippen molar-refractivity contribution in [2.45, 2.75) is 19.8 Å². The Morgan fingerprint density at radius 1 is 1.12 bits per heavy atom. The van der Waals surface area contributed by atoms with E-state index in [1.165, 1.54) is 0 Å². The topological polar surface area (TPSA) is 72.8 Å². The zero-order chi connectivity index (χ0) is 13.3. The first-order valence-electron chi connectivity index (χ1n) is 5.27. The van der Waals surface area contributed by atoms with Crippen LogP contribution in [0, 0.1) is 0 Å². The Morgan fingerprint density at radius 2 is 1.65 bits per heavy atom. The van der Waals surface area contributed by atoms with Gasteiger partial charge in [-0.25, -0.2) is 9.59 Å². The number of ether oxygens (including phenoxy) is 2. The zero-order valence-electron chi connectivity index (χ0n) is 10.0. The summed E-state index contributed by atoms with van der Waals surface area (Å²) in [6, 6.07) is 0. The molecule has 0 aromatic carbocycles. The molecule has 0 saturated carbocycles. The van der Waals surface area contributed by atoms with Crippen molar-refractivity contribution in [2.24, 2.45) is 0 Å². The second kappa shape index (κ2) is 8.52. The van der Waals surface area contributed by atoms with E-state index in [4.69, 9.17) is 14.6 Å². The first-order valence-corrected chi connectivity index (χ1v) is 5.27. The Labute approximate surface area is 101 Å². The van der Waals surface area contributed by atoms with E-state index in [1.54, 1.807) is 6.92 Å². The van der Waals surface area contributed by atoms with Crippen LogP contribution < -0.4 is 0 Å². The molecule has 17 heavy (non-hydrogen) atoms. The molecular formula is C12H18O5. The third-order valence-electron chi connectivity index (χ3n) is 1.81. The molecule has 0 saturated heterocycles. The second-order valence-electron chi connectivity index (χ2n) is 3.48. The Kier molecular flexibility index (Phi) is 7.71. The average Bonchev–Trinajstić information content (AvgIpc) is 2.28. The van der Waals surface area contributed by atoms with Gasteiger partial charge in [-0.2, -0.15) is 0 Å². The van der Waals surface area contributed by atoms with E-state index in [0.717, 1.165) is 0 Å². The van der Waals surface area contributed by atoms with Gasteiger partial charge in [-0.05, 0) is 6.92 Å². The molecule has 0 atom stereocenters. The van der Waals surface area contributed by atoms with E-state index in [1.807, 2.05) is 0 Å². The van der Waals surface area contributed by atoms with Gasteiger partial charge in [0.1, 0.15) is 0 Å². The third-order valence-corrected chi connectivity index (χ3v) is 1.81. The summed E-state index contributed by atoms with van der Waals surface area (Å²) < 4.78 is 9.64. The highest BCUT2D eigenvalue weighted by Crippen LogP contribution is 2.01. The number of aliphatic hydroxyl groups is 1. The smallest absolute Gasteiger partial charge is 0.333 e. The molecule has 0 aliphatic carbocycles. The molecule has 0 aromatic rings. The number of aliphatic hydroxyl groups excluding tert-OH is 1. The predicted molar refractivity (Wildman–Crippen MR) is 62.2 cm³/mol. The van der Waals surface area contributed by atoms with Crippen molar-refractivity contribution in [1.29, 1.82) is 0 Å². The quantitative estimate of drug-likeness (QED) is 0.390. The summed E-state index contributed by atoms with van der Waals surface area (Å²) in [5.41, 5.74) is 0.560. The fraction of sp³-hybridized carbons (Fsp3) is 0.500. The van der Waals surface area contributed by atoms with Gasteiger partial charge in [0, 0.05) is 30.6 Å². The molecule has 0 heterocycles. The lowest BCUT2D eigenvalue weighted by molar-refractivity contribution is -0.141. The van der Waals surface area contributed by atoms with Crippen molar-refractivity contribution < 1.29 is 24.2 Å². The zero-order valence-corrected chi connectivity index (χ0v) is 10.0. The van der Waals surface area contributed by atoms with Crippen LogP contribution in [0.3, 0.4) is 0 Å². The molecule has 5 nitrogen and oxygen atoms in total. The predicted octanol–water partition coefficient (Wildman–Crippen LogP) is 0.978. The minimum absolute atomic E-state index is 0.135. The van der Waals surface area contributed by atoms with Crippen LogP contribution in [0.15, 0.2) is 24.3 Å². The summed E-state index contributed by atoms with van der Waals surface area (Å²) in [5.74, 6) is -0.994. The Morgan fingerprint density at radius 3 is 2.12 bits per heavy atom. The maximum atomic E-state index is 11.2. The van der Waals surface area contributed by atoms with Crippen LogP contribution >= 0.6 is 0 Å². The minimum atomic E-state index is -0.537. The van der Waals surface area contributed by atoms with Gasteiger partial charge in [0.25, 0.3) is 0 Å². The summed E-state index contributed by atoms with van der Waals surface area (Å²) in [4.78, 5) is 22.1. The van der Waals surface area contributed by atoms with Gasteiger partial charge < -0.3 is 14.6 Å². The average molecular weight is 242 g/mol. The summed E-state index contributed by atoms with van der Waals surface area (Å²) in [7, 11) is 0. The lowest BCUT2D eigenvalue weighted by Crippen LogP contribution is -2.12. The fourth-order valence-corrected chi connectivity index (χ4v) is 0.851. The van der Waals surface area contributed by atoms with E-state index in [2.05, 4.69) is 13.2 Å². The van der Waals surface area contributed by atoms with E-state index in [0.29, 0.717) is 12.0 Å². The van der Waals surface area contributed by atoms with E-state index < -0.39 is 11.9 Å². The lowest BCUT2D eigenvalue weighted by Gasteiger charge is -2.06. The van der Waals surface area contributed by atoms with Crippen LogP contribution in [0.2, 0.25) is 0 Å². The lowest BCUT2D eigenvalue weighted by atomic mass is 10.2. The first kappa shape index (κ1) is 15.4. The van der Waals surface area contributed by atoms with Gasteiger partial charge >= 0.3 is 11.9 Å². The SMILES string of the molecule is C=C(C)C(=O)OCCCOC(=O)C(=C)CCO.